The van der Waals surface area contributed by atoms with Crippen LogP contribution in [0.4, 0.5) is 0 Å². The van der Waals surface area contributed by atoms with E-state index in [2.05, 4.69) is 31.9 Å². The van der Waals surface area contributed by atoms with E-state index in [4.69, 9.17) is 9.47 Å². The number of hydrogen-bond acceptors (Lipinski definition) is 4. The van der Waals surface area contributed by atoms with Crippen LogP contribution in [0.1, 0.15) is 23.7 Å². The van der Waals surface area contributed by atoms with Gasteiger partial charge in [0.2, 0.25) is 0 Å². The minimum Gasteiger partial charge on any atom is -0.490 e. The third-order valence-corrected chi connectivity index (χ3v) is 5.45. The molecule has 1 aromatic carbocycles. The van der Waals surface area contributed by atoms with E-state index in [1.807, 2.05) is 24.3 Å². The SMILES string of the molecule is OC(c1ccc2c(c1)OCCCO2)c1cc(Br)sc1Br. The van der Waals surface area contributed by atoms with Gasteiger partial charge in [0.1, 0.15) is 6.10 Å². The van der Waals surface area contributed by atoms with Gasteiger partial charge in [-0.3, -0.25) is 0 Å². The molecule has 20 heavy (non-hydrogen) atoms. The van der Waals surface area contributed by atoms with E-state index in [0.29, 0.717) is 19.0 Å². The number of fused-ring (bicyclic) bond motifs is 1. The number of halogens is 2. The van der Waals surface area contributed by atoms with Gasteiger partial charge in [-0.2, -0.15) is 0 Å². The van der Waals surface area contributed by atoms with Crippen LogP contribution in [0.15, 0.2) is 31.8 Å². The Morgan fingerprint density at radius 1 is 1.10 bits per heavy atom. The van der Waals surface area contributed by atoms with E-state index >= 15 is 0 Å². The quantitative estimate of drug-likeness (QED) is 0.777. The molecule has 0 saturated carbocycles. The lowest BCUT2D eigenvalue weighted by Crippen LogP contribution is -2.00. The minimum absolute atomic E-state index is 0.639. The summed E-state index contributed by atoms with van der Waals surface area (Å²) >= 11 is 8.44. The van der Waals surface area contributed by atoms with Crippen LogP contribution in [0.25, 0.3) is 0 Å². The predicted octanol–water partition coefficient (Wildman–Crippen LogP) is 4.52. The molecule has 0 saturated heterocycles. The molecule has 1 aromatic heterocycles. The van der Waals surface area contributed by atoms with Gasteiger partial charge in [-0.25, -0.2) is 0 Å². The van der Waals surface area contributed by atoms with Crippen molar-refractivity contribution in [3.05, 3.63) is 43.0 Å². The summed E-state index contributed by atoms with van der Waals surface area (Å²) in [5.74, 6) is 1.44. The lowest BCUT2D eigenvalue weighted by atomic mass is 10.0. The van der Waals surface area contributed by atoms with Crippen LogP contribution in [0.3, 0.4) is 0 Å². The number of thiophene rings is 1. The second kappa shape index (κ2) is 6.05. The highest BCUT2D eigenvalue weighted by atomic mass is 79.9. The Morgan fingerprint density at radius 3 is 2.55 bits per heavy atom. The lowest BCUT2D eigenvalue weighted by molar-refractivity contribution is 0.219. The zero-order valence-electron chi connectivity index (χ0n) is 10.4. The number of ether oxygens (including phenoxy) is 2. The number of rotatable bonds is 2. The summed E-state index contributed by atoms with van der Waals surface area (Å²) < 4.78 is 13.2. The molecule has 0 aliphatic carbocycles. The van der Waals surface area contributed by atoms with Crippen molar-refractivity contribution in [2.24, 2.45) is 0 Å². The van der Waals surface area contributed by atoms with Crippen molar-refractivity contribution in [3.63, 3.8) is 0 Å². The normalized spacial score (nSPS) is 15.8. The Balaban J connectivity index is 1.94. The molecule has 0 bridgehead atoms. The third-order valence-electron chi connectivity index (χ3n) is 3.06. The molecular weight excluding hydrogens is 408 g/mol. The molecule has 0 spiro atoms. The van der Waals surface area contributed by atoms with E-state index in [9.17, 15) is 5.11 Å². The molecule has 106 valence electrons. The molecule has 6 heteroatoms. The summed E-state index contributed by atoms with van der Waals surface area (Å²) in [5.41, 5.74) is 1.64. The van der Waals surface area contributed by atoms with Crippen molar-refractivity contribution in [1.82, 2.24) is 0 Å². The Morgan fingerprint density at radius 2 is 1.85 bits per heavy atom. The monoisotopic (exact) mass is 418 g/mol. The Kier molecular flexibility index (Phi) is 4.35. The standard InChI is InChI=1S/C14H12Br2O3S/c15-12-7-9(14(16)20-12)13(17)8-2-3-10-11(6-8)19-5-1-4-18-10/h2-3,6-7,13,17H,1,4-5H2. The number of benzene rings is 1. The molecule has 1 aliphatic heterocycles. The van der Waals surface area contributed by atoms with Crippen LogP contribution in [0.5, 0.6) is 11.5 Å². The molecule has 1 aliphatic rings. The Labute approximate surface area is 137 Å². The maximum absolute atomic E-state index is 10.5. The number of aliphatic hydroxyl groups is 1. The van der Waals surface area contributed by atoms with Crippen LogP contribution < -0.4 is 9.47 Å². The molecule has 0 amide bonds. The Bertz CT molecular complexity index is 627. The molecule has 1 unspecified atom stereocenters. The lowest BCUT2D eigenvalue weighted by Gasteiger charge is -2.13. The van der Waals surface area contributed by atoms with E-state index in [0.717, 1.165) is 30.9 Å². The van der Waals surface area contributed by atoms with Gasteiger partial charge in [-0.05, 0) is 55.6 Å². The fourth-order valence-corrected chi connectivity index (χ4v) is 4.95. The first-order chi connectivity index (χ1) is 9.65. The van der Waals surface area contributed by atoms with Gasteiger partial charge in [-0.15, -0.1) is 11.3 Å². The minimum atomic E-state index is -0.691. The molecule has 1 N–H and O–H groups in total. The first-order valence-corrected chi connectivity index (χ1v) is 8.58. The molecule has 2 heterocycles. The number of hydrogen-bond donors (Lipinski definition) is 1. The maximum Gasteiger partial charge on any atom is 0.161 e. The summed E-state index contributed by atoms with van der Waals surface area (Å²) in [5, 5.41) is 10.5. The van der Waals surface area contributed by atoms with Crippen molar-refractivity contribution in [1.29, 1.82) is 0 Å². The van der Waals surface area contributed by atoms with Crippen LogP contribution in [0, 0.1) is 0 Å². The smallest absolute Gasteiger partial charge is 0.161 e. The average molecular weight is 420 g/mol. The van der Waals surface area contributed by atoms with Crippen molar-refractivity contribution in [2.45, 2.75) is 12.5 Å². The van der Waals surface area contributed by atoms with Crippen LogP contribution >= 0.6 is 43.2 Å². The van der Waals surface area contributed by atoms with Gasteiger partial charge < -0.3 is 14.6 Å². The van der Waals surface area contributed by atoms with Crippen molar-refractivity contribution < 1.29 is 14.6 Å². The fourth-order valence-electron chi connectivity index (χ4n) is 2.07. The first kappa shape index (κ1) is 14.4. The van der Waals surface area contributed by atoms with E-state index in [1.54, 1.807) is 11.3 Å². The molecule has 1 atom stereocenters. The predicted molar refractivity (Wildman–Crippen MR) is 85.8 cm³/mol. The zero-order chi connectivity index (χ0) is 14.1. The van der Waals surface area contributed by atoms with Crippen molar-refractivity contribution in [2.75, 3.05) is 13.2 Å². The highest BCUT2D eigenvalue weighted by Crippen LogP contribution is 2.40. The molecule has 3 nitrogen and oxygen atoms in total. The molecular formula is C14H12Br2O3S. The van der Waals surface area contributed by atoms with Gasteiger partial charge in [0, 0.05) is 12.0 Å². The topological polar surface area (TPSA) is 38.7 Å². The molecule has 2 aromatic rings. The second-order valence-electron chi connectivity index (χ2n) is 4.44. The summed E-state index contributed by atoms with van der Waals surface area (Å²) in [7, 11) is 0. The first-order valence-electron chi connectivity index (χ1n) is 6.17. The summed E-state index contributed by atoms with van der Waals surface area (Å²) in [6, 6.07) is 7.50. The fraction of sp³-hybridized carbons (Fsp3) is 0.286. The summed E-state index contributed by atoms with van der Waals surface area (Å²) in [4.78, 5) is 0. The van der Waals surface area contributed by atoms with E-state index < -0.39 is 6.10 Å². The van der Waals surface area contributed by atoms with Crippen molar-refractivity contribution >= 4 is 43.2 Å². The summed E-state index contributed by atoms with van der Waals surface area (Å²) in [6.45, 7) is 1.30. The van der Waals surface area contributed by atoms with Gasteiger partial charge in [-0.1, -0.05) is 6.07 Å². The largest absolute Gasteiger partial charge is 0.490 e. The van der Waals surface area contributed by atoms with Crippen LogP contribution in [-0.2, 0) is 0 Å². The molecule has 0 fully saturated rings. The van der Waals surface area contributed by atoms with Crippen molar-refractivity contribution in [3.8, 4) is 11.5 Å². The van der Waals surface area contributed by atoms with Crippen LogP contribution in [-0.4, -0.2) is 18.3 Å². The van der Waals surface area contributed by atoms with Crippen LogP contribution in [0.2, 0.25) is 0 Å². The van der Waals surface area contributed by atoms with E-state index in [1.165, 1.54) is 0 Å². The Hall–Kier alpha value is -0.560. The van der Waals surface area contributed by atoms with E-state index in [-0.39, 0.29) is 0 Å². The van der Waals surface area contributed by atoms with Gasteiger partial charge in [0.25, 0.3) is 0 Å². The van der Waals surface area contributed by atoms with Gasteiger partial charge in [0.15, 0.2) is 11.5 Å². The molecule has 3 rings (SSSR count). The maximum atomic E-state index is 10.5. The average Bonchev–Trinajstić information content (AvgIpc) is 2.65. The molecule has 0 radical (unpaired) electrons. The van der Waals surface area contributed by atoms with Gasteiger partial charge in [0.05, 0.1) is 20.8 Å². The second-order valence-corrected chi connectivity index (χ2v) is 8.19. The van der Waals surface area contributed by atoms with Gasteiger partial charge >= 0.3 is 0 Å². The highest BCUT2D eigenvalue weighted by Gasteiger charge is 2.19. The number of aliphatic hydroxyl groups excluding tert-OH is 1. The highest BCUT2D eigenvalue weighted by molar-refractivity contribution is 9.12. The third kappa shape index (κ3) is 2.88. The zero-order valence-corrected chi connectivity index (χ0v) is 14.4. The summed E-state index contributed by atoms with van der Waals surface area (Å²) in [6.07, 6.45) is 0.180.